The van der Waals surface area contributed by atoms with Crippen molar-refractivity contribution >= 4 is 17.4 Å². The molecule has 10 nitrogen and oxygen atoms in total. The molecule has 11 heteroatoms. The van der Waals surface area contributed by atoms with Gasteiger partial charge in [0.05, 0.1) is 18.5 Å². The van der Waals surface area contributed by atoms with Gasteiger partial charge in [0.1, 0.15) is 17.3 Å². The molecule has 1 atom stereocenters. The van der Waals surface area contributed by atoms with Crippen molar-refractivity contribution in [3.8, 4) is 5.82 Å². The lowest BCUT2D eigenvalue weighted by molar-refractivity contribution is 0.0448. The van der Waals surface area contributed by atoms with Crippen molar-refractivity contribution in [3.63, 3.8) is 0 Å². The Bertz CT molecular complexity index is 995. The van der Waals surface area contributed by atoms with Crippen LogP contribution in [-0.4, -0.2) is 77.9 Å². The zero-order valence-electron chi connectivity index (χ0n) is 17.8. The zero-order chi connectivity index (χ0) is 22.0. The summed E-state index contributed by atoms with van der Waals surface area (Å²) in [7, 11) is 0. The number of rotatable bonds is 5. The highest BCUT2D eigenvalue weighted by molar-refractivity contribution is 6.29. The highest BCUT2D eigenvalue weighted by Crippen LogP contribution is 2.42. The highest BCUT2D eigenvalue weighted by Gasteiger charge is 2.38. The van der Waals surface area contributed by atoms with Gasteiger partial charge in [0.2, 0.25) is 0 Å². The van der Waals surface area contributed by atoms with Gasteiger partial charge < -0.3 is 14.9 Å². The average Bonchev–Trinajstić information content (AvgIpc) is 3.37. The van der Waals surface area contributed by atoms with Crippen molar-refractivity contribution < 1.29 is 5.11 Å². The Morgan fingerprint density at radius 3 is 2.31 bits per heavy atom. The summed E-state index contributed by atoms with van der Waals surface area (Å²) in [4.78, 5) is 17.6. The second kappa shape index (κ2) is 9.05. The van der Waals surface area contributed by atoms with Gasteiger partial charge >= 0.3 is 0 Å². The number of likely N-dealkylation sites (tertiary alicyclic amines) is 1. The highest BCUT2D eigenvalue weighted by atomic mass is 35.5. The molecule has 5 rings (SSSR count). The molecule has 1 N–H and O–H groups in total. The van der Waals surface area contributed by atoms with Crippen molar-refractivity contribution in [2.24, 2.45) is 5.41 Å². The van der Waals surface area contributed by atoms with Crippen LogP contribution in [0.2, 0.25) is 5.15 Å². The fourth-order valence-electron chi connectivity index (χ4n) is 4.74. The van der Waals surface area contributed by atoms with Crippen molar-refractivity contribution in [1.29, 1.82) is 0 Å². The minimum atomic E-state index is -0.565. The third-order valence-corrected chi connectivity index (χ3v) is 7.04. The van der Waals surface area contributed by atoms with Crippen LogP contribution in [-0.2, 0) is 0 Å². The van der Waals surface area contributed by atoms with Gasteiger partial charge in [-0.25, -0.2) is 15.0 Å². The average molecular weight is 456 g/mol. The molecule has 2 aliphatic heterocycles. The first-order valence-electron chi connectivity index (χ1n) is 10.9. The van der Waals surface area contributed by atoms with E-state index in [9.17, 15) is 5.11 Å². The Morgan fingerprint density at radius 1 is 0.938 bits per heavy atom. The van der Waals surface area contributed by atoms with Crippen LogP contribution < -0.4 is 4.90 Å². The molecule has 3 aromatic heterocycles. The normalized spacial score (nSPS) is 19.9. The summed E-state index contributed by atoms with van der Waals surface area (Å²) >= 11 is 5.86. The summed E-state index contributed by atoms with van der Waals surface area (Å²) in [6.07, 6.45) is 10.6. The lowest BCUT2D eigenvalue weighted by atomic mass is 9.71. The van der Waals surface area contributed by atoms with E-state index in [0.717, 1.165) is 63.2 Å². The fraction of sp³-hybridized carbons (Fsp3) is 0.524. The Hall–Kier alpha value is -2.69. The van der Waals surface area contributed by atoms with Crippen molar-refractivity contribution in [2.45, 2.75) is 31.8 Å². The predicted molar refractivity (Wildman–Crippen MR) is 119 cm³/mol. The number of nitrogens with zero attached hydrogens (tertiary/aromatic N) is 9. The molecule has 2 saturated heterocycles. The number of β-amino-alcohol motifs (C(OH)–C–C–N with tert-alkyl or cyclic N) is 1. The molecule has 168 valence electrons. The van der Waals surface area contributed by atoms with Crippen molar-refractivity contribution in [2.75, 3.05) is 37.6 Å². The molecular formula is C21H26ClN9O. The van der Waals surface area contributed by atoms with Crippen LogP contribution in [0.1, 0.15) is 37.4 Å². The van der Waals surface area contributed by atoms with Crippen LogP contribution >= 0.6 is 11.6 Å². The van der Waals surface area contributed by atoms with Gasteiger partial charge in [-0.1, -0.05) is 17.7 Å². The second-order valence-electron chi connectivity index (χ2n) is 8.70. The molecular weight excluding hydrogens is 430 g/mol. The van der Waals surface area contributed by atoms with Gasteiger partial charge in [0.25, 0.3) is 0 Å². The van der Waals surface area contributed by atoms with Crippen molar-refractivity contribution in [3.05, 3.63) is 47.8 Å². The summed E-state index contributed by atoms with van der Waals surface area (Å²) in [6, 6.07) is 3.70. The zero-order valence-corrected chi connectivity index (χ0v) is 18.5. The minimum absolute atomic E-state index is 0.396. The molecule has 0 aliphatic carbocycles. The maximum Gasteiger partial charge on any atom is 0.156 e. The number of aliphatic hydroxyl groups excluding tert-OH is 1. The van der Waals surface area contributed by atoms with E-state index in [2.05, 4.69) is 40.3 Å². The molecule has 1 spiro atoms. The number of hydrogen-bond donors (Lipinski definition) is 1. The number of piperidine rings is 2. The van der Waals surface area contributed by atoms with E-state index in [0.29, 0.717) is 22.9 Å². The molecule has 2 fully saturated rings. The van der Waals surface area contributed by atoms with E-state index >= 15 is 0 Å². The Labute approximate surface area is 191 Å². The second-order valence-corrected chi connectivity index (χ2v) is 9.09. The Morgan fingerprint density at radius 2 is 1.69 bits per heavy atom. The first-order valence-corrected chi connectivity index (χ1v) is 11.3. The first kappa shape index (κ1) is 21.2. The molecule has 32 heavy (non-hydrogen) atoms. The summed E-state index contributed by atoms with van der Waals surface area (Å²) in [5, 5.41) is 22.2. The first-order chi connectivity index (χ1) is 15.6. The Kier molecular flexibility index (Phi) is 5.99. The lowest BCUT2D eigenvalue weighted by Gasteiger charge is -2.47. The van der Waals surface area contributed by atoms with Gasteiger partial charge in [-0.2, -0.15) is 4.68 Å². The maximum atomic E-state index is 10.7. The van der Waals surface area contributed by atoms with E-state index in [4.69, 9.17) is 11.6 Å². The summed E-state index contributed by atoms with van der Waals surface area (Å²) < 4.78 is 1.49. The number of tetrazole rings is 1. The smallest absolute Gasteiger partial charge is 0.156 e. The van der Waals surface area contributed by atoms with Crippen LogP contribution in [0, 0.1) is 5.41 Å². The molecule has 0 bridgehead atoms. The van der Waals surface area contributed by atoms with Gasteiger partial charge in [0, 0.05) is 31.4 Å². The SMILES string of the molecule is O[C@@H](CN1CCC2(CC1)CCN(c1cnc(Cl)cn1)CC2)c1ccc(-n2cnnn2)nc1. The molecule has 0 unspecified atom stereocenters. The monoisotopic (exact) mass is 455 g/mol. The standard InChI is InChI=1S/C21H26ClN9O/c22-18-12-25-20(13-23-18)30-9-5-21(6-10-30)3-7-29(8-4-21)14-17(32)16-1-2-19(24-11-16)31-15-26-27-28-31/h1-2,11-13,15,17,32H,3-10,14H2/t17-/m0/s1. The van der Waals surface area contributed by atoms with Gasteiger partial charge in [-0.3, -0.25) is 0 Å². The summed E-state index contributed by atoms with van der Waals surface area (Å²) in [6.45, 7) is 4.63. The van der Waals surface area contributed by atoms with E-state index in [1.54, 1.807) is 18.6 Å². The predicted octanol–water partition coefficient (Wildman–Crippen LogP) is 1.92. The molecule has 5 heterocycles. The third-order valence-electron chi connectivity index (χ3n) is 6.84. The van der Waals surface area contributed by atoms with Crippen LogP contribution in [0.25, 0.3) is 5.82 Å². The molecule has 0 saturated carbocycles. The number of hydrogen-bond acceptors (Lipinski definition) is 9. The van der Waals surface area contributed by atoms with Crippen LogP contribution in [0.4, 0.5) is 5.82 Å². The molecule has 0 amide bonds. The van der Waals surface area contributed by atoms with E-state index in [1.165, 1.54) is 11.0 Å². The summed E-state index contributed by atoms with van der Waals surface area (Å²) in [5.41, 5.74) is 1.20. The summed E-state index contributed by atoms with van der Waals surface area (Å²) in [5.74, 6) is 1.53. The van der Waals surface area contributed by atoms with E-state index in [1.807, 2.05) is 12.1 Å². The topological polar surface area (TPSA) is 109 Å². The lowest BCUT2D eigenvalue weighted by Crippen LogP contribution is -2.47. The molecule has 0 radical (unpaired) electrons. The van der Waals surface area contributed by atoms with Crippen LogP contribution in [0.5, 0.6) is 0 Å². The number of halogens is 1. The van der Waals surface area contributed by atoms with Gasteiger partial charge in [0.15, 0.2) is 5.82 Å². The van der Waals surface area contributed by atoms with Crippen LogP contribution in [0.3, 0.4) is 0 Å². The number of aliphatic hydroxyl groups is 1. The van der Waals surface area contributed by atoms with Gasteiger partial charge in [-0.15, -0.1) is 5.10 Å². The number of pyridine rings is 1. The third kappa shape index (κ3) is 4.57. The maximum absolute atomic E-state index is 10.7. The van der Waals surface area contributed by atoms with Crippen LogP contribution in [0.15, 0.2) is 37.1 Å². The quantitative estimate of drug-likeness (QED) is 0.616. The fourth-order valence-corrected chi connectivity index (χ4v) is 4.83. The molecule has 0 aromatic carbocycles. The Balaban J connectivity index is 1.11. The number of aromatic nitrogens is 7. The van der Waals surface area contributed by atoms with Gasteiger partial charge in [-0.05, 0) is 60.7 Å². The van der Waals surface area contributed by atoms with Crippen molar-refractivity contribution in [1.82, 2.24) is 40.1 Å². The van der Waals surface area contributed by atoms with E-state index in [-0.39, 0.29) is 0 Å². The molecule has 2 aliphatic rings. The number of anilines is 1. The largest absolute Gasteiger partial charge is 0.387 e. The van der Waals surface area contributed by atoms with E-state index < -0.39 is 6.10 Å². The minimum Gasteiger partial charge on any atom is -0.387 e. The molecule has 3 aromatic rings.